The highest BCUT2D eigenvalue weighted by Gasteiger charge is 2.14. The number of nitrogens with zero attached hydrogens (tertiary/aromatic N) is 1. The number of ether oxygens (including phenoxy) is 3. The van der Waals surface area contributed by atoms with Crippen molar-refractivity contribution in [2.75, 3.05) is 20.3 Å². The Morgan fingerprint density at radius 3 is 2.65 bits per heavy atom. The number of fused-ring (bicyclic) bond motifs is 1. The van der Waals surface area contributed by atoms with Crippen molar-refractivity contribution < 1.29 is 24.1 Å². The van der Waals surface area contributed by atoms with E-state index in [1.807, 2.05) is 12.1 Å². The van der Waals surface area contributed by atoms with E-state index in [9.17, 15) is 4.79 Å². The van der Waals surface area contributed by atoms with Crippen LogP contribution in [0.1, 0.15) is 36.0 Å². The molecule has 1 unspecified atom stereocenters. The Morgan fingerprint density at radius 1 is 1.08 bits per heavy atom. The minimum Gasteiger partial charge on any atom is -0.491 e. The Balaban J connectivity index is 1.48. The molecule has 0 aliphatic heterocycles. The maximum atomic E-state index is 11.1. The highest BCUT2D eigenvalue weighted by molar-refractivity contribution is 7.17. The van der Waals surface area contributed by atoms with Crippen LogP contribution >= 0.6 is 11.3 Å². The Labute approximate surface area is 220 Å². The SMILES string of the molecule is CC#CC(CC(=O)O)c1ccc(OCc2ccc3scc(-c4ccc(OCCOC)cc4C)c3c2)nc1. The van der Waals surface area contributed by atoms with E-state index in [4.69, 9.17) is 19.3 Å². The van der Waals surface area contributed by atoms with Crippen LogP contribution in [0.15, 0.2) is 60.1 Å². The van der Waals surface area contributed by atoms with Crippen molar-refractivity contribution in [3.63, 3.8) is 0 Å². The average Bonchev–Trinajstić information content (AvgIpc) is 3.30. The topological polar surface area (TPSA) is 77.9 Å². The molecule has 0 saturated carbocycles. The van der Waals surface area contributed by atoms with Gasteiger partial charge in [0.25, 0.3) is 0 Å². The number of aryl methyl sites for hydroxylation is 1. The van der Waals surface area contributed by atoms with Crippen molar-refractivity contribution in [1.29, 1.82) is 0 Å². The lowest BCUT2D eigenvalue weighted by atomic mass is 9.98. The van der Waals surface area contributed by atoms with Crippen LogP contribution in [0.25, 0.3) is 21.2 Å². The zero-order chi connectivity index (χ0) is 26.2. The van der Waals surface area contributed by atoms with Gasteiger partial charge in [0.05, 0.1) is 18.9 Å². The lowest BCUT2D eigenvalue weighted by molar-refractivity contribution is -0.137. The summed E-state index contributed by atoms with van der Waals surface area (Å²) in [5, 5.41) is 12.5. The molecule has 1 atom stereocenters. The highest BCUT2D eigenvalue weighted by atomic mass is 32.1. The molecule has 4 aromatic rings. The van der Waals surface area contributed by atoms with Crippen molar-refractivity contribution in [2.24, 2.45) is 0 Å². The van der Waals surface area contributed by atoms with Gasteiger partial charge in [-0.15, -0.1) is 17.3 Å². The largest absolute Gasteiger partial charge is 0.491 e. The maximum Gasteiger partial charge on any atom is 0.304 e. The smallest absolute Gasteiger partial charge is 0.304 e. The fraction of sp³-hybridized carbons (Fsp3) is 0.267. The van der Waals surface area contributed by atoms with Crippen molar-refractivity contribution in [1.82, 2.24) is 4.98 Å². The van der Waals surface area contributed by atoms with E-state index < -0.39 is 11.9 Å². The third kappa shape index (κ3) is 6.67. The number of aromatic nitrogens is 1. The number of hydrogen-bond acceptors (Lipinski definition) is 6. The van der Waals surface area contributed by atoms with E-state index in [1.54, 1.807) is 37.6 Å². The Hall–Kier alpha value is -3.86. The van der Waals surface area contributed by atoms with Crippen LogP contribution in [0.5, 0.6) is 11.6 Å². The van der Waals surface area contributed by atoms with Gasteiger partial charge in [0.1, 0.15) is 19.0 Å². The molecular formula is C30H29NO5S. The Morgan fingerprint density at radius 2 is 1.95 bits per heavy atom. The van der Waals surface area contributed by atoms with Gasteiger partial charge >= 0.3 is 5.97 Å². The van der Waals surface area contributed by atoms with E-state index in [1.165, 1.54) is 21.2 Å². The predicted molar refractivity (Wildman–Crippen MR) is 146 cm³/mol. The molecule has 0 amide bonds. The van der Waals surface area contributed by atoms with Gasteiger partial charge in [-0.1, -0.05) is 24.1 Å². The van der Waals surface area contributed by atoms with E-state index in [2.05, 4.69) is 59.5 Å². The molecule has 4 rings (SSSR count). The summed E-state index contributed by atoms with van der Waals surface area (Å²) < 4.78 is 18.0. The number of carbonyl (C=O) groups is 1. The number of methoxy groups -OCH3 is 1. The molecular weight excluding hydrogens is 486 g/mol. The van der Waals surface area contributed by atoms with Crippen LogP contribution < -0.4 is 9.47 Å². The molecule has 37 heavy (non-hydrogen) atoms. The quantitative estimate of drug-likeness (QED) is 0.183. The third-order valence-electron chi connectivity index (χ3n) is 5.93. The first-order chi connectivity index (χ1) is 18.0. The minimum atomic E-state index is -0.891. The Bertz CT molecular complexity index is 1430. The number of rotatable bonds is 11. The second-order valence-corrected chi connectivity index (χ2v) is 9.47. The summed E-state index contributed by atoms with van der Waals surface area (Å²) in [6.07, 6.45) is 1.58. The zero-order valence-corrected chi connectivity index (χ0v) is 21.9. The monoisotopic (exact) mass is 515 g/mol. The van der Waals surface area contributed by atoms with Gasteiger partial charge in [-0.05, 0) is 65.7 Å². The molecule has 0 fully saturated rings. The highest BCUT2D eigenvalue weighted by Crippen LogP contribution is 2.37. The number of hydrogen-bond donors (Lipinski definition) is 1. The van der Waals surface area contributed by atoms with Gasteiger partial charge < -0.3 is 19.3 Å². The summed E-state index contributed by atoms with van der Waals surface area (Å²) in [6.45, 7) is 5.24. The van der Waals surface area contributed by atoms with Gasteiger partial charge in [0, 0.05) is 35.0 Å². The van der Waals surface area contributed by atoms with E-state index in [-0.39, 0.29) is 6.42 Å². The third-order valence-corrected chi connectivity index (χ3v) is 6.89. The molecule has 1 N–H and O–H groups in total. The minimum absolute atomic E-state index is 0.0608. The summed E-state index contributed by atoms with van der Waals surface area (Å²) in [7, 11) is 1.66. The van der Waals surface area contributed by atoms with Crippen molar-refractivity contribution in [2.45, 2.75) is 32.8 Å². The molecule has 0 bridgehead atoms. The van der Waals surface area contributed by atoms with Gasteiger partial charge in [-0.2, -0.15) is 0 Å². The van der Waals surface area contributed by atoms with Crippen LogP contribution in [-0.4, -0.2) is 36.4 Å². The average molecular weight is 516 g/mol. The van der Waals surface area contributed by atoms with E-state index in [0.717, 1.165) is 22.4 Å². The summed E-state index contributed by atoms with van der Waals surface area (Å²) in [4.78, 5) is 15.5. The maximum absolute atomic E-state index is 11.1. The van der Waals surface area contributed by atoms with Crippen LogP contribution in [0.3, 0.4) is 0 Å². The molecule has 2 heterocycles. The van der Waals surface area contributed by atoms with Crippen LogP contribution in [-0.2, 0) is 16.1 Å². The number of pyridine rings is 1. The lowest BCUT2D eigenvalue weighted by Gasteiger charge is -2.11. The number of aliphatic carboxylic acids is 1. The number of carboxylic acids is 1. The fourth-order valence-corrected chi connectivity index (χ4v) is 5.03. The summed E-state index contributed by atoms with van der Waals surface area (Å²) in [6, 6.07) is 16.1. The molecule has 0 aliphatic carbocycles. The summed E-state index contributed by atoms with van der Waals surface area (Å²) in [5.74, 6) is 5.76. The van der Waals surface area contributed by atoms with Gasteiger partial charge in [0.2, 0.25) is 5.88 Å². The normalized spacial score (nSPS) is 11.5. The molecule has 190 valence electrons. The van der Waals surface area contributed by atoms with Gasteiger partial charge in [-0.25, -0.2) is 4.98 Å². The molecule has 6 nitrogen and oxygen atoms in total. The second-order valence-electron chi connectivity index (χ2n) is 8.56. The second kappa shape index (κ2) is 12.4. The van der Waals surface area contributed by atoms with Crippen LogP contribution in [0.2, 0.25) is 0 Å². The standard InChI is InChI=1S/C30H29NO5S/c1-4-5-22(16-30(32)33)23-7-11-29(31-17-23)36-18-21-6-10-28-26(15-21)27(19-37-28)25-9-8-24(14-20(25)2)35-13-12-34-3/h6-11,14-15,17,19,22H,12-13,16,18H2,1-3H3,(H,32,33). The molecule has 7 heteroatoms. The molecule has 2 aromatic heterocycles. The lowest BCUT2D eigenvalue weighted by Crippen LogP contribution is -2.05. The van der Waals surface area contributed by atoms with Gasteiger partial charge in [0.15, 0.2) is 0 Å². The number of thiophene rings is 1. The first-order valence-corrected chi connectivity index (χ1v) is 12.8. The van der Waals surface area contributed by atoms with Crippen LogP contribution in [0.4, 0.5) is 0 Å². The van der Waals surface area contributed by atoms with Crippen LogP contribution in [0, 0.1) is 18.8 Å². The first-order valence-electron chi connectivity index (χ1n) is 11.9. The Kier molecular flexibility index (Phi) is 8.78. The zero-order valence-electron chi connectivity index (χ0n) is 21.1. The molecule has 0 radical (unpaired) electrons. The van der Waals surface area contributed by atoms with E-state index >= 15 is 0 Å². The summed E-state index contributed by atoms with van der Waals surface area (Å²) >= 11 is 1.72. The number of carboxylic acid groups (broad SMARTS) is 1. The summed E-state index contributed by atoms with van der Waals surface area (Å²) in [5.41, 5.74) is 5.31. The molecule has 0 spiro atoms. The van der Waals surface area contributed by atoms with Crippen molar-refractivity contribution in [3.8, 4) is 34.6 Å². The molecule has 0 aliphatic rings. The van der Waals surface area contributed by atoms with E-state index in [0.29, 0.717) is 25.7 Å². The van der Waals surface area contributed by atoms with Gasteiger partial charge in [-0.3, -0.25) is 4.79 Å². The predicted octanol–water partition coefficient (Wildman–Crippen LogP) is 6.46. The molecule has 0 saturated heterocycles. The van der Waals surface area contributed by atoms with Crippen molar-refractivity contribution in [3.05, 3.63) is 76.8 Å². The number of benzene rings is 2. The van der Waals surface area contributed by atoms with Crippen molar-refractivity contribution >= 4 is 27.4 Å². The molecule has 2 aromatic carbocycles. The fourth-order valence-electron chi connectivity index (χ4n) is 4.09. The first kappa shape index (κ1) is 26.2.